The Labute approximate surface area is 70.9 Å². The monoisotopic (exact) mass is 167 g/mol. The molecule has 0 aromatic carbocycles. The fourth-order valence-corrected chi connectivity index (χ4v) is 1.53. The van der Waals surface area contributed by atoms with Crippen molar-refractivity contribution in [2.75, 3.05) is 6.54 Å². The normalized spacial score (nSPS) is 27.4. The summed E-state index contributed by atoms with van der Waals surface area (Å²) < 4.78 is 1.77. The first kappa shape index (κ1) is 7.67. The number of hydrogen-bond donors (Lipinski definition) is 1. The van der Waals surface area contributed by atoms with E-state index in [1.165, 1.54) is 6.42 Å². The molecule has 1 heterocycles. The summed E-state index contributed by atoms with van der Waals surface area (Å²) in [5, 5.41) is 10.9. The van der Waals surface area contributed by atoms with Gasteiger partial charge in [-0.1, -0.05) is 0 Å². The summed E-state index contributed by atoms with van der Waals surface area (Å²) in [6, 6.07) is 0. The molecule has 2 N–H and O–H groups in total. The number of aryl methyl sites for hydroxylation is 1. The molecule has 5 nitrogen and oxygen atoms in total. The van der Waals surface area contributed by atoms with Crippen LogP contribution in [0.1, 0.15) is 12.8 Å². The number of rotatable bonds is 4. The molecule has 66 valence electrons. The molecule has 0 amide bonds. The van der Waals surface area contributed by atoms with Crippen LogP contribution in [0.3, 0.4) is 0 Å². The van der Waals surface area contributed by atoms with Crippen LogP contribution in [-0.4, -0.2) is 26.8 Å². The van der Waals surface area contributed by atoms with E-state index in [-0.39, 0.29) is 0 Å². The van der Waals surface area contributed by atoms with Crippen LogP contribution in [-0.2, 0) is 6.54 Å². The van der Waals surface area contributed by atoms with Crippen LogP contribution in [0, 0.1) is 11.8 Å². The molecule has 1 aromatic heterocycles. The highest BCUT2D eigenvalue weighted by Crippen LogP contribution is 2.40. The van der Waals surface area contributed by atoms with Gasteiger partial charge in [-0.15, -0.1) is 5.10 Å². The first-order valence-corrected chi connectivity index (χ1v) is 4.31. The minimum Gasteiger partial charge on any atom is -0.330 e. The lowest BCUT2D eigenvalue weighted by Gasteiger charge is -1.97. The Morgan fingerprint density at radius 3 is 3.00 bits per heavy atom. The van der Waals surface area contributed by atoms with E-state index in [9.17, 15) is 0 Å². The van der Waals surface area contributed by atoms with E-state index in [0.717, 1.165) is 31.3 Å². The van der Waals surface area contributed by atoms with Crippen molar-refractivity contribution in [3.05, 3.63) is 6.33 Å². The van der Waals surface area contributed by atoms with Gasteiger partial charge in [-0.05, 0) is 41.6 Å². The molecule has 0 aliphatic heterocycles. The van der Waals surface area contributed by atoms with Gasteiger partial charge in [-0.2, -0.15) is 0 Å². The highest BCUT2D eigenvalue weighted by molar-refractivity contribution is 4.86. The van der Waals surface area contributed by atoms with Crippen LogP contribution >= 0.6 is 0 Å². The third kappa shape index (κ3) is 1.61. The SMILES string of the molecule is NCC1CC1CCn1cnnn1. The van der Waals surface area contributed by atoms with E-state index >= 15 is 0 Å². The molecule has 2 unspecified atom stereocenters. The number of hydrogen-bond acceptors (Lipinski definition) is 4. The Kier molecular flexibility index (Phi) is 2.03. The molecule has 1 aromatic rings. The Morgan fingerprint density at radius 1 is 1.50 bits per heavy atom. The molecule has 0 spiro atoms. The van der Waals surface area contributed by atoms with E-state index in [0.29, 0.717) is 0 Å². The zero-order valence-corrected chi connectivity index (χ0v) is 6.93. The molecule has 1 saturated carbocycles. The summed E-state index contributed by atoms with van der Waals surface area (Å²) in [6.45, 7) is 1.76. The van der Waals surface area contributed by atoms with E-state index in [4.69, 9.17) is 5.73 Å². The molecule has 1 aliphatic carbocycles. The topological polar surface area (TPSA) is 69.6 Å². The highest BCUT2D eigenvalue weighted by Gasteiger charge is 2.34. The minimum atomic E-state index is 0.765. The number of tetrazole rings is 1. The summed E-state index contributed by atoms with van der Waals surface area (Å²) >= 11 is 0. The average Bonchev–Trinajstić information content (AvgIpc) is 2.67. The molecule has 0 bridgehead atoms. The number of nitrogens with zero attached hydrogens (tertiary/aromatic N) is 4. The molecule has 1 fully saturated rings. The van der Waals surface area contributed by atoms with Crippen molar-refractivity contribution in [2.24, 2.45) is 17.6 Å². The molecule has 5 heteroatoms. The van der Waals surface area contributed by atoms with E-state index in [2.05, 4.69) is 15.5 Å². The van der Waals surface area contributed by atoms with Gasteiger partial charge in [-0.3, -0.25) is 0 Å². The van der Waals surface area contributed by atoms with Gasteiger partial charge >= 0.3 is 0 Å². The summed E-state index contributed by atoms with van der Waals surface area (Å²) in [5.41, 5.74) is 5.53. The standard InChI is InChI=1S/C7H13N5/c8-4-7-3-6(7)1-2-12-5-9-10-11-12/h5-7H,1-4,8H2. The van der Waals surface area contributed by atoms with Crippen LogP contribution in [0.25, 0.3) is 0 Å². The summed E-state index contributed by atoms with van der Waals surface area (Å²) in [6.07, 6.45) is 4.10. The van der Waals surface area contributed by atoms with Crippen LogP contribution < -0.4 is 5.73 Å². The predicted molar refractivity (Wildman–Crippen MR) is 43.1 cm³/mol. The second-order valence-corrected chi connectivity index (χ2v) is 3.35. The van der Waals surface area contributed by atoms with Crippen molar-refractivity contribution in [1.82, 2.24) is 20.2 Å². The van der Waals surface area contributed by atoms with Gasteiger partial charge in [0.15, 0.2) is 0 Å². The molecular weight excluding hydrogens is 154 g/mol. The van der Waals surface area contributed by atoms with Gasteiger partial charge in [0.2, 0.25) is 0 Å². The van der Waals surface area contributed by atoms with E-state index in [1.54, 1.807) is 11.0 Å². The first-order chi connectivity index (χ1) is 5.90. The van der Waals surface area contributed by atoms with Gasteiger partial charge in [-0.25, -0.2) is 4.68 Å². The van der Waals surface area contributed by atoms with Gasteiger partial charge < -0.3 is 5.73 Å². The fourth-order valence-electron chi connectivity index (χ4n) is 1.53. The quantitative estimate of drug-likeness (QED) is 0.666. The Hall–Kier alpha value is -0.970. The smallest absolute Gasteiger partial charge is 0.138 e. The third-order valence-electron chi connectivity index (χ3n) is 2.49. The molecule has 2 atom stereocenters. The van der Waals surface area contributed by atoms with E-state index < -0.39 is 0 Å². The second kappa shape index (κ2) is 3.18. The van der Waals surface area contributed by atoms with Crippen LogP contribution in [0.2, 0.25) is 0 Å². The van der Waals surface area contributed by atoms with Crippen molar-refractivity contribution in [3.63, 3.8) is 0 Å². The third-order valence-corrected chi connectivity index (χ3v) is 2.49. The zero-order chi connectivity index (χ0) is 8.39. The average molecular weight is 167 g/mol. The lowest BCUT2D eigenvalue weighted by molar-refractivity contribution is 0.513. The summed E-state index contributed by atoms with van der Waals surface area (Å²) in [7, 11) is 0. The highest BCUT2D eigenvalue weighted by atomic mass is 15.5. The maximum atomic E-state index is 5.53. The lowest BCUT2D eigenvalue weighted by Crippen LogP contribution is -2.05. The fraction of sp³-hybridized carbons (Fsp3) is 0.857. The zero-order valence-electron chi connectivity index (χ0n) is 6.93. The van der Waals surface area contributed by atoms with Crippen molar-refractivity contribution in [3.8, 4) is 0 Å². The van der Waals surface area contributed by atoms with Gasteiger partial charge in [0, 0.05) is 6.54 Å². The number of nitrogens with two attached hydrogens (primary N) is 1. The van der Waals surface area contributed by atoms with Crippen molar-refractivity contribution in [1.29, 1.82) is 0 Å². The molecule has 12 heavy (non-hydrogen) atoms. The van der Waals surface area contributed by atoms with Gasteiger partial charge in [0.1, 0.15) is 6.33 Å². The Balaban J connectivity index is 1.71. The summed E-state index contributed by atoms with van der Waals surface area (Å²) in [5.74, 6) is 1.58. The maximum Gasteiger partial charge on any atom is 0.138 e. The molecule has 2 rings (SSSR count). The van der Waals surface area contributed by atoms with Crippen LogP contribution in [0.4, 0.5) is 0 Å². The largest absolute Gasteiger partial charge is 0.330 e. The Bertz CT molecular complexity index is 232. The molecule has 0 saturated heterocycles. The second-order valence-electron chi connectivity index (χ2n) is 3.35. The Morgan fingerprint density at radius 2 is 2.42 bits per heavy atom. The summed E-state index contributed by atoms with van der Waals surface area (Å²) in [4.78, 5) is 0. The van der Waals surface area contributed by atoms with Gasteiger partial charge in [0.25, 0.3) is 0 Å². The van der Waals surface area contributed by atoms with Crippen molar-refractivity contribution >= 4 is 0 Å². The van der Waals surface area contributed by atoms with Crippen molar-refractivity contribution in [2.45, 2.75) is 19.4 Å². The molecule has 0 radical (unpaired) electrons. The predicted octanol–water partition coefficient (Wildman–Crippen LogP) is -0.342. The number of aromatic nitrogens is 4. The van der Waals surface area contributed by atoms with Crippen LogP contribution in [0.5, 0.6) is 0 Å². The maximum absolute atomic E-state index is 5.53. The van der Waals surface area contributed by atoms with Gasteiger partial charge in [0.05, 0.1) is 0 Å². The van der Waals surface area contributed by atoms with E-state index in [1.807, 2.05) is 0 Å². The first-order valence-electron chi connectivity index (χ1n) is 4.31. The minimum absolute atomic E-state index is 0.765. The molecular formula is C7H13N5. The lowest BCUT2D eigenvalue weighted by atomic mass is 10.2. The van der Waals surface area contributed by atoms with Crippen molar-refractivity contribution < 1.29 is 0 Å². The van der Waals surface area contributed by atoms with Crippen LogP contribution in [0.15, 0.2) is 6.33 Å². The molecule has 1 aliphatic rings.